The molecule has 3 heteroatoms. The van der Waals surface area contributed by atoms with Crippen molar-refractivity contribution < 1.29 is 9.31 Å². The van der Waals surface area contributed by atoms with Crippen molar-refractivity contribution in [2.24, 2.45) is 0 Å². The number of allylic oxidation sites excluding steroid dienone is 2. The van der Waals surface area contributed by atoms with E-state index in [0.29, 0.717) is 0 Å². The Kier molecular flexibility index (Phi) is 3.98. The number of anilines is 1. The molecule has 1 aliphatic carbocycles. The van der Waals surface area contributed by atoms with Crippen LogP contribution in [0.4, 0.5) is 5.69 Å². The number of hydrogen-bond acceptors (Lipinski definition) is 2. The van der Waals surface area contributed by atoms with E-state index in [1.165, 1.54) is 43.5 Å². The highest BCUT2D eigenvalue weighted by molar-refractivity contribution is 5.77. The predicted molar refractivity (Wildman–Crippen MR) is 94.6 cm³/mol. The molecule has 1 spiro atoms. The Bertz CT molecular complexity index is 633. The van der Waals surface area contributed by atoms with E-state index >= 15 is 0 Å². The van der Waals surface area contributed by atoms with Crippen LogP contribution in [0.2, 0.25) is 0 Å². The van der Waals surface area contributed by atoms with E-state index in [1.807, 2.05) is 0 Å². The molecule has 0 aromatic heterocycles. The molecule has 3 nitrogen and oxygen atoms in total. The molecular formula is C20H27N2O+. The molecule has 4 rings (SSSR count). The Morgan fingerprint density at radius 2 is 1.83 bits per heavy atom. The van der Waals surface area contributed by atoms with Crippen molar-refractivity contribution in [1.29, 1.82) is 0 Å². The lowest BCUT2D eigenvalue weighted by molar-refractivity contribution is -0.544. The van der Waals surface area contributed by atoms with Crippen molar-refractivity contribution in [2.45, 2.75) is 37.5 Å². The third-order valence-corrected chi connectivity index (χ3v) is 5.83. The Labute approximate surface area is 139 Å². The van der Waals surface area contributed by atoms with Gasteiger partial charge in [-0.05, 0) is 24.5 Å². The Hall–Kier alpha value is -1.61. The molecule has 0 bridgehead atoms. The zero-order valence-electron chi connectivity index (χ0n) is 14.1. The van der Waals surface area contributed by atoms with E-state index in [-0.39, 0.29) is 5.41 Å². The lowest BCUT2D eigenvalue weighted by Gasteiger charge is -2.36. The van der Waals surface area contributed by atoms with Gasteiger partial charge in [0, 0.05) is 29.9 Å². The Morgan fingerprint density at radius 1 is 1.09 bits per heavy atom. The van der Waals surface area contributed by atoms with Crippen LogP contribution in [0.3, 0.4) is 0 Å². The molecule has 0 radical (unpaired) electrons. The molecule has 2 aliphatic heterocycles. The number of nitrogens with zero attached hydrogens (tertiary/aromatic N) is 2. The number of morpholine rings is 1. The van der Waals surface area contributed by atoms with Crippen LogP contribution >= 0.6 is 0 Å². The van der Waals surface area contributed by atoms with Gasteiger partial charge >= 0.3 is 0 Å². The molecule has 1 aromatic rings. The molecule has 0 N–H and O–H groups in total. The highest BCUT2D eigenvalue weighted by atomic mass is 16.5. The largest absolute Gasteiger partial charge is 0.368 e. The van der Waals surface area contributed by atoms with E-state index in [4.69, 9.17) is 4.74 Å². The van der Waals surface area contributed by atoms with Crippen LogP contribution < -0.4 is 4.90 Å². The van der Waals surface area contributed by atoms with Gasteiger partial charge in [-0.2, -0.15) is 0 Å². The maximum Gasteiger partial charge on any atom is 0.166 e. The lowest BCUT2D eigenvalue weighted by Crippen LogP contribution is -2.33. The van der Waals surface area contributed by atoms with Gasteiger partial charge in [-0.25, -0.2) is 4.58 Å². The number of hydrogen-bond donors (Lipinski definition) is 0. The summed E-state index contributed by atoms with van der Waals surface area (Å²) in [5.41, 5.74) is 4.68. The van der Waals surface area contributed by atoms with Crippen LogP contribution in [-0.4, -0.2) is 44.1 Å². The molecule has 2 fully saturated rings. The summed E-state index contributed by atoms with van der Waals surface area (Å²) in [4.78, 5) is 2.43. The minimum absolute atomic E-state index is 0.242. The Morgan fingerprint density at radius 3 is 2.61 bits per heavy atom. The second kappa shape index (κ2) is 6.12. The van der Waals surface area contributed by atoms with E-state index in [2.05, 4.69) is 53.1 Å². The number of fused-ring (bicyclic) bond motifs is 2. The molecule has 1 saturated heterocycles. The summed E-state index contributed by atoms with van der Waals surface area (Å²) in [6.45, 7) is 3.71. The van der Waals surface area contributed by atoms with E-state index in [1.54, 1.807) is 5.56 Å². The number of rotatable bonds is 1. The van der Waals surface area contributed by atoms with Gasteiger partial charge in [0.25, 0.3) is 0 Å². The van der Waals surface area contributed by atoms with E-state index in [9.17, 15) is 0 Å². The monoisotopic (exact) mass is 311 g/mol. The minimum atomic E-state index is 0.242. The molecule has 1 aromatic carbocycles. The molecule has 1 saturated carbocycles. The number of para-hydroxylation sites is 1. The van der Waals surface area contributed by atoms with Gasteiger partial charge in [0.15, 0.2) is 19.3 Å². The summed E-state index contributed by atoms with van der Waals surface area (Å²) < 4.78 is 7.85. The van der Waals surface area contributed by atoms with Crippen LogP contribution in [0.1, 0.15) is 37.7 Å². The standard InChI is InChI=1S/C20H27N2O/c1-21-18-8-4-3-7-17(18)20(10-5-2-6-11-20)19(21)9-12-22-13-15-23-16-14-22/h3-4,7-9,12H,2,5-6,10-11,13-16H2,1H3/q+1. The highest BCUT2D eigenvalue weighted by Gasteiger charge is 2.46. The van der Waals surface area contributed by atoms with Gasteiger partial charge in [-0.3, -0.25) is 0 Å². The van der Waals surface area contributed by atoms with Crippen LogP contribution in [0, 0.1) is 0 Å². The average molecular weight is 311 g/mol. The first-order valence-electron chi connectivity index (χ1n) is 9.02. The highest BCUT2D eigenvalue weighted by Crippen LogP contribution is 2.54. The van der Waals surface area contributed by atoms with Crippen molar-refractivity contribution in [3.63, 3.8) is 0 Å². The molecule has 23 heavy (non-hydrogen) atoms. The topological polar surface area (TPSA) is 15.5 Å². The number of ether oxygens (including phenoxy) is 1. The summed E-state index contributed by atoms with van der Waals surface area (Å²) >= 11 is 0. The fraction of sp³-hybridized carbons (Fsp3) is 0.550. The van der Waals surface area contributed by atoms with Gasteiger partial charge in [0.05, 0.1) is 0 Å². The molecule has 0 atom stereocenters. The first-order valence-corrected chi connectivity index (χ1v) is 9.02. The smallest absolute Gasteiger partial charge is 0.166 e. The van der Waals surface area contributed by atoms with Crippen molar-refractivity contribution in [1.82, 2.24) is 0 Å². The lowest BCUT2D eigenvalue weighted by atomic mass is 9.68. The fourth-order valence-electron chi connectivity index (χ4n) is 4.61. The third kappa shape index (κ3) is 2.51. The van der Waals surface area contributed by atoms with Crippen molar-refractivity contribution in [3.8, 4) is 0 Å². The van der Waals surface area contributed by atoms with Crippen LogP contribution in [0.25, 0.3) is 0 Å². The molecule has 2 heterocycles. The van der Waals surface area contributed by atoms with Gasteiger partial charge in [0.1, 0.15) is 13.2 Å². The SMILES string of the molecule is CN1C(=CC=[N+]2CCOCC2)C2(CCCCC2)c2ccccc21. The van der Waals surface area contributed by atoms with Gasteiger partial charge < -0.3 is 9.64 Å². The molecule has 0 unspecified atom stereocenters. The predicted octanol–water partition coefficient (Wildman–Crippen LogP) is 3.34. The quantitative estimate of drug-likeness (QED) is 0.739. The number of likely N-dealkylation sites (N-methyl/N-ethyl adjacent to an activating group) is 1. The van der Waals surface area contributed by atoms with E-state index < -0.39 is 0 Å². The summed E-state index contributed by atoms with van der Waals surface area (Å²) in [6, 6.07) is 9.01. The van der Waals surface area contributed by atoms with E-state index in [0.717, 1.165) is 26.3 Å². The number of benzene rings is 1. The first-order chi connectivity index (χ1) is 11.3. The van der Waals surface area contributed by atoms with Crippen molar-refractivity contribution >= 4 is 11.9 Å². The summed E-state index contributed by atoms with van der Waals surface area (Å²) in [7, 11) is 2.24. The van der Waals surface area contributed by atoms with Gasteiger partial charge in [-0.1, -0.05) is 37.5 Å². The average Bonchev–Trinajstić information content (AvgIpc) is 2.84. The maximum absolute atomic E-state index is 5.46. The third-order valence-electron chi connectivity index (χ3n) is 5.83. The zero-order valence-corrected chi connectivity index (χ0v) is 14.1. The van der Waals surface area contributed by atoms with Crippen LogP contribution in [0.5, 0.6) is 0 Å². The van der Waals surface area contributed by atoms with Gasteiger partial charge in [0.2, 0.25) is 0 Å². The minimum Gasteiger partial charge on any atom is -0.368 e. The second-order valence-corrected chi connectivity index (χ2v) is 7.07. The second-order valence-electron chi connectivity index (χ2n) is 7.07. The summed E-state index contributed by atoms with van der Waals surface area (Å²) in [5.74, 6) is 0. The van der Waals surface area contributed by atoms with Gasteiger partial charge in [-0.15, -0.1) is 0 Å². The van der Waals surface area contributed by atoms with Crippen molar-refractivity contribution in [2.75, 3.05) is 38.3 Å². The molecular weight excluding hydrogens is 284 g/mol. The van der Waals surface area contributed by atoms with Crippen LogP contribution in [-0.2, 0) is 10.2 Å². The molecule has 122 valence electrons. The first kappa shape index (κ1) is 14.9. The summed E-state index contributed by atoms with van der Waals surface area (Å²) in [5, 5.41) is 0. The zero-order chi connectivity index (χ0) is 15.7. The normalized spacial score (nSPS) is 25.0. The molecule has 0 amide bonds. The molecule has 3 aliphatic rings. The summed E-state index contributed by atoms with van der Waals surface area (Å²) in [6.07, 6.45) is 11.3. The Balaban J connectivity index is 1.75. The maximum atomic E-state index is 5.46. The van der Waals surface area contributed by atoms with Crippen molar-refractivity contribution in [3.05, 3.63) is 41.6 Å². The fourth-order valence-corrected chi connectivity index (χ4v) is 4.61. The van der Waals surface area contributed by atoms with Crippen LogP contribution in [0.15, 0.2) is 36.0 Å².